The van der Waals surface area contributed by atoms with Crippen LogP contribution in [0.1, 0.15) is 25.2 Å². The third-order valence-corrected chi connectivity index (χ3v) is 3.61. The molecular weight excluding hydrogens is 329 g/mol. The molecule has 0 aliphatic carbocycles. The first-order chi connectivity index (χ1) is 9.47. The maximum atomic E-state index is 13.5. The summed E-state index contributed by atoms with van der Waals surface area (Å²) in [5.74, 6) is -0.665. The predicted molar refractivity (Wildman–Crippen MR) is 76.6 cm³/mol. The molecule has 106 valence electrons. The lowest BCUT2D eigenvalue weighted by Crippen LogP contribution is -2.06. The van der Waals surface area contributed by atoms with Crippen LogP contribution in [0.15, 0.2) is 22.7 Å². The number of nitro benzene ring substituents is 1. The van der Waals surface area contributed by atoms with Gasteiger partial charge >= 0.3 is 0 Å². The molecule has 0 fully saturated rings. The standard InChI is InChI=1S/C13H13BrFN3O2/c1-3-8-5-9(4-2)17(16-8)12-6-10(14)11(15)7-13(12)18(19)20/h5-7H,3-4H2,1-2H3. The molecule has 0 amide bonds. The van der Waals surface area contributed by atoms with Crippen LogP contribution in [-0.4, -0.2) is 14.7 Å². The summed E-state index contributed by atoms with van der Waals surface area (Å²) >= 11 is 3.06. The summed E-state index contributed by atoms with van der Waals surface area (Å²) in [6.07, 6.45) is 1.41. The van der Waals surface area contributed by atoms with E-state index in [1.54, 1.807) is 0 Å². The molecular formula is C13H13BrFN3O2. The normalized spacial score (nSPS) is 10.8. The maximum Gasteiger partial charge on any atom is 0.297 e. The van der Waals surface area contributed by atoms with Crippen LogP contribution in [0.25, 0.3) is 5.69 Å². The lowest BCUT2D eigenvalue weighted by Gasteiger charge is -2.08. The predicted octanol–water partition coefficient (Wildman–Crippen LogP) is 3.81. The summed E-state index contributed by atoms with van der Waals surface area (Å²) in [5.41, 5.74) is 1.66. The molecule has 0 atom stereocenters. The Hall–Kier alpha value is -1.76. The maximum absolute atomic E-state index is 13.5. The molecule has 0 saturated heterocycles. The van der Waals surface area contributed by atoms with Crippen LogP contribution in [0.3, 0.4) is 0 Å². The fourth-order valence-corrected chi connectivity index (χ4v) is 2.28. The first-order valence-electron chi connectivity index (χ1n) is 6.19. The molecule has 0 aliphatic heterocycles. The number of hydrogen-bond donors (Lipinski definition) is 0. The number of nitrogens with zero attached hydrogens (tertiary/aromatic N) is 3. The van der Waals surface area contributed by atoms with Crippen LogP contribution >= 0.6 is 15.9 Å². The van der Waals surface area contributed by atoms with E-state index in [1.165, 1.54) is 10.7 Å². The van der Waals surface area contributed by atoms with Gasteiger partial charge in [-0.15, -0.1) is 0 Å². The molecule has 0 bridgehead atoms. The number of aryl methyl sites for hydroxylation is 2. The summed E-state index contributed by atoms with van der Waals surface area (Å²) in [5, 5.41) is 15.5. The minimum atomic E-state index is -0.665. The van der Waals surface area contributed by atoms with Crippen molar-refractivity contribution in [2.75, 3.05) is 0 Å². The van der Waals surface area contributed by atoms with E-state index in [1.807, 2.05) is 19.9 Å². The summed E-state index contributed by atoms with van der Waals surface area (Å²) in [7, 11) is 0. The SMILES string of the molecule is CCc1cc(CC)n(-c2cc(Br)c(F)cc2[N+](=O)[O-])n1. The van der Waals surface area contributed by atoms with Crippen LogP contribution in [0.2, 0.25) is 0 Å². The van der Waals surface area contributed by atoms with Crippen molar-refractivity contribution < 1.29 is 9.31 Å². The number of nitro groups is 1. The average molecular weight is 342 g/mol. The lowest BCUT2D eigenvalue weighted by molar-refractivity contribution is -0.384. The molecule has 7 heteroatoms. The molecule has 2 rings (SSSR count). The van der Waals surface area contributed by atoms with Crippen molar-refractivity contribution in [2.45, 2.75) is 26.7 Å². The minimum absolute atomic E-state index is 0.175. The molecule has 1 aromatic carbocycles. The van der Waals surface area contributed by atoms with Crippen LogP contribution in [-0.2, 0) is 12.8 Å². The van der Waals surface area contributed by atoms with E-state index in [9.17, 15) is 14.5 Å². The molecule has 1 aromatic heterocycles. The molecule has 20 heavy (non-hydrogen) atoms. The molecule has 0 spiro atoms. The second-order valence-electron chi connectivity index (χ2n) is 4.26. The van der Waals surface area contributed by atoms with Gasteiger partial charge in [-0.1, -0.05) is 13.8 Å². The van der Waals surface area contributed by atoms with Crippen molar-refractivity contribution >= 4 is 21.6 Å². The second kappa shape index (κ2) is 5.70. The van der Waals surface area contributed by atoms with E-state index in [-0.39, 0.29) is 15.8 Å². The molecule has 0 N–H and O–H groups in total. The monoisotopic (exact) mass is 341 g/mol. The summed E-state index contributed by atoms with van der Waals surface area (Å²) in [6, 6.07) is 4.20. The Balaban J connectivity index is 2.71. The smallest absolute Gasteiger partial charge is 0.258 e. The summed E-state index contributed by atoms with van der Waals surface area (Å²) in [6.45, 7) is 3.90. The van der Waals surface area contributed by atoms with Gasteiger partial charge in [0.15, 0.2) is 0 Å². The Kier molecular flexibility index (Phi) is 4.17. The molecule has 2 aromatic rings. The van der Waals surface area contributed by atoms with Gasteiger partial charge in [-0.25, -0.2) is 9.07 Å². The summed E-state index contributed by atoms with van der Waals surface area (Å²) < 4.78 is 15.2. The van der Waals surface area contributed by atoms with Gasteiger partial charge in [0.1, 0.15) is 11.5 Å². The first-order valence-corrected chi connectivity index (χ1v) is 6.98. The van der Waals surface area contributed by atoms with Crippen molar-refractivity contribution in [1.29, 1.82) is 0 Å². The Morgan fingerprint density at radius 3 is 2.60 bits per heavy atom. The molecule has 0 aliphatic rings. The van der Waals surface area contributed by atoms with Crippen molar-refractivity contribution in [3.8, 4) is 5.69 Å². The quantitative estimate of drug-likeness (QED) is 0.627. The third kappa shape index (κ3) is 2.58. The van der Waals surface area contributed by atoms with Gasteiger partial charge in [0.05, 0.1) is 21.2 Å². The van der Waals surface area contributed by atoms with Crippen molar-refractivity contribution in [3.05, 3.63) is 50.0 Å². The van der Waals surface area contributed by atoms with Crippen LogP contribution in [0.5, 0.6) is 0 Å². The zero-order valence-electron chi connectivity index (χ0n) is 11.1. The lowest BCUT2D eigenvalue weighted by atomic mass is 10.2. The highest BCUT2D eigenvalue weighted by Crippen LogP contribution is 2.30. The zero-order chi connectivity index (χ0) is 14.9. The largest absolute Gasteiger partial charge is 0.297 e. The fourth-order valence-electron chi connectivity index (χ4n) is 1.95. The van der Waals surface area contributed by atoms with E-state index < -0.39 is 10.7 Å². The van der Waals surface area contributed by atoms with Crippen molar-refractivity contribution in [3.63, 3.8) is 0 Å². The minimum Gasteiger partial charge on any atom is -0.258 e. The fraction of sp³-hybridized carbons (Fsp3) is 0.308. The number of benzene rings is 1. The number of rotatable bonds is 4. The summed E-state index contributed by atoms with van der Waals surface area (Å²) in [4.78, 5) is 10.5. The molecule has 0 radical (unpaired) electrons. The average Bonchev–Trinajstić information content (AvgIpc) is 2.84. The van der Waals surface area contributed by atoms with Crippen molar-refractivity contribution in [2.24, 2.45) is 0 Å². The number of hydrogen-bond acceptors (Lipinski definition) is 3. The van der Waals surface area contributed by atoms with Gasteiger partial charge in [-0.05, 0) is 40.9 Å². The first kappa shape index (κ1) is 14.6. The van der Waals surface area contributed by atoms with Crippen LogP contribution < -0.4 is 0 Å². The van der Waals surface area contributed by atoms with Crippen LogP contribution in [0.4, 0.5) is 10.1 Å². The van der Waals surface area contributed by atoms with Gasteiger partial charge in [0, 0.05) is 5.69 Å². The van der Waals surface area contributed by atoms with E-state index in [2.05, 4.69) is 21.0 Å². The Morgan fingerprint density at radius 2 is 2.05 bits per heavy atom. The van der Waals surface area contributed by atoms with E-state index in [0.717, 1.165) is 23.9 Å². The van der Waals surface area contributed by atoms with Gasteiger partial charge in [0.25, 0.3) is 5.69 Å². The Bertz CT molecular complexity index is 670. The molecule has 0 unspecified atom stereocenters. The Morgan fingerprint density at radius 1 is 1.35 bits per heavy atom. The Labute approximate surface area is 123 Å². The van der Waals surface area contributed by atoms with E-state index in [0.29, 0.717) is 6.42 Å². The van der Waals surface area contributed by atoms with Gasteiger partial charge in [-0.2, -0.15) is 5.10 Å². The van der Waals surface area contributed by atoms with Crippen LogP contribution in [0, 0.1) is 15.9 Å². The van der Waals surface area contributed by atoms with Crippen molar-refractivity contribution in [1.82, 2.24) is 9.78 Å². The molecule has 1 heterocycles. The highest BCUT2D eigenvalue weighted by molar-refractivity contribution is 9.10. The molecule has 5 nitrogen and oxygen atoms in total. The molecule has 0 saturated carbocycles. The number of aromatic nitrogens is 2. The van der Waals surface area contributed by atoms with Gasteiger partial charge < -0.3 is 0 Å². The topological polar surface area (TPSA) is 61.0 Å². The van der Waals surface area contributed by atoms with Gasteiger partial charge in [0.2, 0.25) is 0 Å². The zero-order valence-corrected chi connectivity index (χ0v) is 12.6. The van der Waals surface area contributed by atoms with E-state index >= 15 is 0 Å². The highest BCUT2D eigenvalue weighted by atomic mass is 79.9. The highest BCUT2D eigenvalue weighted by Gasteiger charge is 2.21. The van der Waals surface area contributed by atoms with E-state index in [4.69, 9.17) is 0 Å². The van der Waals surface area contributed by atoms with Gasteiger partial charge in [-0.3, -0.25) is 10.1 Å². The third-order valence-electron chi connectivity index (χ3n) is 3.00. The second-order valence-corrected chi connectivity index (χ2v) is 5.11. The number of halogens is 2.